The van der Waals surface area contributed by atoms with E-state index in [9.17, 15) is 9.59 Å². The normalized spacial score (nSPS) is 29.1. The molecule has 4 heteroatoms. The molecule has 2 aliphatic rings. The molecule has 0 aliphatic heterocycles. The van der Waals surface area contributed by atoms with Crippen LogP contribution in [0.2, 0.25) is 0 Å². The smallest absolute Gasteiger partial charge is 0.408 e. The van der Waals surface area contributed by atoms with E-state index in [4.69, 9.17) is 4.74 Å². The van der Waals surface area contributed by atoms with Crippen molar-refractivity contribution in [3.8, 4) is 0 Å². The second-order valence-electron chi connectivity index (χ2n) is 8.76. The van der Waals surface area contributed by atoms with Crippen molar-refractivity contribution >= 4 is 11.9 Å². The Hall–Kier alpha value is -1.84. The zero-order valence-corrected chi connectivity index (χ0v) is 17.4. The number of fused-ring (bicyclic) bond motifs is 1. The number of allylic oxidation sites excluding steroid dienone is 5. The number of ketones is 1. The molecule has 4 nitrogen and oxygen atoms in total. The average molecular weight is 374 g/mol. The van der Waals surface area contributed by atoms with E-state index < -0.39 is 17.7 Å². The van der Waals surface area contributed by atoms with Gasteiger partial charge in [-0.25, -0.2) is 4.79 Å². The lowest BCUT2D eigenvalue weighted by atomic mass is 9.71. The molecule has 2 rings (SSSR count). The van der Waals surface area contributed by atoms with Crippen molar-refractivity contribution in [2.75, 3.05) is 0 Å². The highest BCUT2D eigenvalue weighted by molar-refractivity contribution is 5.95. The van der Waals surface area contributed by atoms with Gasteiger partial charge in [0.25, 0.3) is 0 Å². The zero-order chi connectivity index (χ0) is 20.0. The second-order valence-corrected chi connectivity index (χ2v) is 8.76. The van der Waals surface area contributed by atoms with Gasteiger partial charge >= 0.3 is 6.09 Å². The standard InChI is InChI=1S/C23H35NO3/c1-6-7-9-17-12-13-18-10-8-11-19(18)20(17)14-15-21(25)16(2)24-22(26)27-23(3,4)5/h7,9,12-20H,6,8,10-11H2,1-5H3,(H,24,26)/b9-7+,15-14+/t16-,17+,18-,19+,20+/m0/s1. The van der Waals surface area contributed by atoms with E-state index in [-0.39, 0.29) is 5.78 Å². The van der Waals surface area contributed by atoms with E-state index in [2.05, 4.69) is 42.6 Å². The average Bonchev–Trinajstić information content (AvgIpc) is 3.04. The number of hydrogen-bond acceptors (Lipinski definition) is 3. The van der Waals surface area contributed by atoms with Crippen LogP contribution in [0.3, 0.4) is 0 Å². The highest BCUT2D eigenvalue weighted by Crippen LogP contribution is 2.45. The summed E-state index contributed by atoms with van der Waals surface area (Å²) in [6, 6.07) is -0.598. The third kappa shape index (κ3) is 6.37. The Labute approximate surface area is 164 Å². The van der Waals surface area contributed by atoms with Crippen LogP contribution in [-0.4, -0.2) is 23.5 Å². The molecule has 0 saturated heterocycles. The van der Waals surface area contributed by atoms with Crippen LogP contribution < -0.4 is 5.32 Å². The van der Waals surface area contributed by atoms with E-state index in [0.717, 1.165) is 6.42 Å². The minimum Gasteiger partial charge on any atom is -0.444 e. The minimum absolute atomic E-state index is 0.0943. The summed E-state index contributed by atoms with van der Waals surface area (Å²) in [6.07, 6.45) is 17.1. The third-order valence-electron chi connectivity index (χ3n) is 5.38. The number of alkyl carbamates (subject to hydrolysis) is 1. The fraction of sp³-hybridized carbons (Fsp3) is 0.652. The Morgan fingerprint density at radius 1 is 1.22 bits per heavy atom. The van der Waals surface area contributed by atoms with Crippen LogP contribution in [0, 0.1) is 23.7 Å². The van der Waals surface area contributed by atoms with Crippen LogP contribution in [0.15, 0.2) is 36.5 Å². The highest BCUT2D eigenvalue weighted by atomic mass is 16.6. The molecule has 150 valence electrons. The second kappa shape index (κ2) is 9.38. The third-order valence-corrected chi connectivity index (χ3v) is 5.38. The number of amides is 1. The van der Waals surface area contributed by atoms with Crippen molar-refractivity contribution < 1.29 is 14.3 Å². The Morgan fingerprint density at radius 3 is 2.63 bits per heavy atom. The fourth-order valence-electron chi connectivity index (χ4n) is 4.08. The Morgan fingerprint density at radius 2 is 1.96 bits per heavy atom. The maximum absolute atomic E-state index is 12.5. The molecule has 0 spiro atoms. The lowest BCUT2D eigenvalue weighted by Gasteiger charge is -2.33. The van der Waals surface area contributed by atoms with Crippen LogP contribution in [-0.2, 0) is 9.53 Å². The van der Waals surface area contributed by atoms with Gasteiger partial charge < -0.3 is 10.1 Å². The summed E-state index contributed by atoms with van der Waals surface area (Å²) in [4.78, 5) is 24.4. The first-order valence-electron chi connectivity index (χ1n) is 10.3. The maximum Gasteiger partial charge on any atom is 0.408 e. The Bertz CT molecular complexity index is 612. The van der Waals surface area contributed by atoms with Crippen LogP contribution in [0.1, 0.15) is 60.3 Å². The molecule has 0 heterocycles. The molecule has 1 amide bonds. The van der Waals surface area contributed by atoms with E-state index >= 15 is 0 Å². The van der Waals surface area contributed by atoms with Gasteiger partial charge in [-0.2, -0.15) is 0 Å². The summed E-state index contributed by atoms with van der Waals surface area (Å²) < 4.78 is 5.23. The van der Waals surface area contributed by atoms with Crippen molar-refractivity contribution in [1.29, 1.82) is 0 Å². The molecule has 27 heavy (non-hydrogen) atoms. The van der Waals surface area contributed by atoms with Crippen molar-refractivity contribution in [2.45, 2.75) is 71.9 Å². The Balaban J connectivity index is 2.02. The molecule has 1 N–H and O–H groups in total. The van der Waals surface area contributed by atoms with Crippen molar-refractivity contribution in [3.05, 3.63) is 36.5 Å². The van der Waals surface area contributed by atoms with Crippen LogP contribution in [0.25, 0.3) is 0 Å². The molecule has 2 aliphatic carbocycles. The van der Waals surface area contributed by atoms with Crippen LogP contribution in [0.5, 0.6) is 0 Å². The summed E-state index contributed by atoms with van der Waals surface area (Å²) in [5.41, 5.74) is -0.576. The van der Waals surface area contributed by atoms with Gasteiger partial charge in [-0.1, -0.05) is 43.7 Å². The first-order valence-corrected chi connectivity index (χ1v) is 10.3. The first kappa shape index (κ1) is 21.5. The topological polar surface area (TPSA) is 55.4 Å². The van der Waals surface area contributed by atoms with E-state index in [1.54, 1.807) is 33.8 Å². The summed E-state index contributed by atoms with van der Waals surface area (Å²) in [5.74, 6) is 1.85. The Kier molecular flexibility index (Phi) is 7.46. The van der Waals surface area contributed by atoms with E-state index in [1.807, 2.05) is 0 Å². The molecule has 0 radical (unpaired) electrons. The molecule has 1 fully saturated rings. The minimum atomic E-state index is -0.598. The molecule has 1 saturated carbocycles. The molecule has 0 aromatic rings. The lowest BCUT2D eigenvalue weighted by molar-refractivity contribution is -0.116. The molecule has 0 aromatic heterocycles. The predicted octanol–water partition coefficient (Wildman–Crippen LogP) is 5.21. The number of hydrogen-bond donors (Lipinski definition) is 1. The van der Waals surface area contributed by atoms with Crippen molar-refractivity contribution in [3.63, 3.8) is 0 Å². The van der Waals surface area contributed by atoms with Gasteiger partial charge in [0.2, 0.25) is 0 Å². The van der Waals surface area contributed by atoms with Gasteiger partial charge in [-0.3, -0.25) is 4.79 Å². The van der Waals surface area contributed by atoms with Crippen molar-refractivity contribution in [1.82, 2.24) is 5.32 Å². The van der Waals surface area contributed by atoms with Gasteiger partial charge in [0.1, 0.15) is 5.60 Å². The number of ether oxygens (including phenoxy) is 1. The zero-order valence-electron chi connectivity index (χ0n) is 17.4. The summed E-state index contributed by atoms with van der Waals surface area (Å²) in [5, 5.41) is 2.63. The fourth-order valence-corrected chi connectivity index (χ4v) is 4.08. The van der Waals surface area contributed by atoms with E-state index in [1.165, 1.54) is 19.3 Å². The van der Waals surface area contributed by atoms with Gasteiger partial charge in [-0.05, 0) is 70.8 Å². The molecule has 0 unspecified atom stereocenters. The summed E-state index contributed by atoms with van der Waals surface area (Å²) in [6.45, 7) is 9.25. The van der Waals surface area contributed by atoms with Crippen molar-refractivity contribution in [2.24, 2.45) is 23.7 Å². The van der Waals surface area contributed by atoms with E-state index in [0.29, 0.717) is 23.7 Å². The van der Waals surface area contributed by atoms with Gasteiger partial charge in [0.15, 0.2) is 5.78 Å². The molecular formula is C23H35NO3. The predicted molar refractivity (Wildman–Crippen MR) is 109 cm³/mol. The van der Waals surface area contributed by atoms with Gasteiger partial charge in [0, 0.05) is 5.92 Å². The van der Waals surface area contributed by atoms with Crippen LogP contribution >= 0.6 is 0 Å². The monoisotopic (exact) mass is 373 g/mol. The van der Waals surface area contributed by atoms with Crippen LogP contribution in [0.4, 0.5) is 4.79 Å². The number of rotatable bonds is 6. The summed E-state index contributed by atoms with van der Waals surface area (Å²) in [7, 11) is 0. The SMILES string of the molecule is CC/C=C/[C@@H]1C=C[C@@H]2CCC[C@H]2[C@@H]1/C=C/C(=O)[C@H](C)NC(=O)OC(C)(C)C. The van der Waals surface area contributed by atoms with Gasteiger partial charge in [-0.15, -0.1) is 0 Å². The summed E-state index contributed by atoms with van der Waals surface area (Å²) >= 11 is 0. The molecular weight excluding hydrogens is 338 g/mol. The number of carbonyl (C=O) groups excluding carboxylic acids is 2. The number of nitrogens with one attached hydrogen (secondary N) is 1. The lowest BCUT2D eigenvalue weighted by Crippen LogP contribution is -2.41. The maximum atomic E-state index is 12.5. The molecule has 5 atom stereocenters. The van der Waals surface area contributed by atoms with Gasteiger partial charge in [0.05, 0.1) is 6.04 Å². The molecule has 0 aromatic carbocycles. The number of carbonyl (C=O) groups is 2. The first-order chi connectivity index (χ1) is 12.7. The largest absolute Gasteiger partial charge is 0.444 e. The molecule has 0 bridgehead atoms. The quantitative estimate of drug-likeness (QED) is 0.514. The highest BCUT2D eigenvalue weighted by Gasteiger charge is 2.36.